The Morgan fingerprint density at radius 3 is 2.55 bits per heavy atom. The third kappa shape index (κ3) is 3.57. The van der Waals surface area contributed by atoms with E-state index in [4.69, 9.17) is 15.1 Å². The Kier molecular flexibility index (Phi) is 4.77. The number of nitrogens with one attached hydrogen (secondary N) is 1. The third-order valence-electron chi connectivity index (χ3n) is 3.54. The van der Waals surface area contributed by atoms with Crippen LogP contribution in [-0.2, 0) is 14.4 Å². The van der Waals surface area contributed by atoms with Crippen molar-refractivity contribution >= 4 is 32.5 Å². The molecule has 7 nitrogen and oxygen atoms in total. The molecule has 0 aliphatic carbocycles. The Labute approximate surface area is 123 Å². The second kappa shape index (κ2) is 6.36. The fourth-order valence-electron chi connectivity index (χ4n) is 2.72. The van der Waals surface area contributed by atoms with Gasteiger partial charge >= 0.3 is 11.9 Å². The summed E-state index contributed by atoms with van der Waals surface area (Å²) in [5, 5.41) is 23.2. The summed E-state index contributed by atoms with van der Waals surface area (Å²) in [6, 6.07) is 1.26. The molecule has 0 spiro atoms. The zero-order valence-electron chi connectivity index (χ0n) is 10.5. The SMILES string of the molecule is BrC1=NOC2C3CCC(CC12)N3.O=C(O)/C=C/C(=O)O. The van der Waals surface area contributed by atoms with E-state index in [1.54, 1.807) is 0 Å². The maximum Gasteiger partial charge on any atom is 0.328 e. The van der Waals surface area contributed by atoms with Gasteiger partial charge in [-0.15, -0.1) is 0 Å². The normalized spacial score (nSPS) is 33.8. The predicted molar refractivity (Wildman–Crippen MR) is 73.7 cm³/mol. The molecule has 2 fully saturated rings. The van der Waals surface area contributed by atoms with E-state index in [-0.39, 0.29) is 0 Å². The van der Waals surface area contributed by atoms with Crippen molar-refractivity contribution in [1.82, 2.24) is 5.32 Å². The molecule has 3 N–H and O–H groups in total. The van der Waals surface area contributed by atoms with Crippen LogP contribution in [0.1, 0.15) is 19.3 Å². The molecule has 0 aromatic rings. The van der Waals surface area contributed by atoms with Crippen LogP contribution in [0.4, 0.5) is 0 Å². The topological polar surface area (TPSA) is 108 Å². The average Bonchev–Trinajstić information content (AvgIpc) is 2.95. The summed E-state index contributed by atoms with van der Waals surface area (Å²) in [5.41, 5.74) is 0. The number of halogens is 1. The minimum absolute atomic E-state index is 0.304. The van der Waals surface area contributed by atoms with Crippen LogP contribution in [0.5, 0.6) is 0 Å². The number of nitrogens with zero attached hydrogens (tertiary/aromatic N) is 1. The summed E-state index contributed by atoms with van der Waals surface area (Å²) in [5.74, 6) is -1.98. The zero-order chi connectivity index (χ0) is 14.7. The summed E-state index contributed by atoms with van der Waals surface area (Å²) in [6.45, 7) is 0. The van der Waals surface area contributed by atoms with Gasteiger partial charge in [-0.2, -0.15) is 0 Å². The van der Waals surface area contributed by atoms with E-state index in [0.717, 1.165) is 4.62 Å². The zero-order valence-corrected chi connectivity index (χ0v) is 12.1. The first-order valence-corrected chi connectivity index (χ1v) is 7.06. The molecule has 4 unspecified atom stereocenters. The largest absolute Gasteiger partial charge is 0.478 e. The minimum Gasteiger partial charge on any atom is -0.478 e. The van der Waals surface area contributed by atoms with Gasteiger partial charge in [0.15, 0.2) is 6.10 Å². The maximum atomic E-state index is 9.55. The van der Waals surface area contributed by atoms with Crippen molar-refractivity contribution in [2.45, 2.75) is 37.5 Å². The molecule has 3 rings (SSSR count). The van der Waals surface area contributed by atoms with Gasteiger partial charge in [-0.3, -0.25) is 0 Å². The number of carboxylic acids is 2. The standard InChI is InChI=1S/C8H11BrN2O.C4H4O4/c9-8-5-3-4-1-2-6(10-4)7(5)12-11-8;5-3(6)1-2-4(7)8/h4-7,10H,1-3H2;1-2H,(H,5,6)(H,7,8)/b;2-1+. The monoisotopic (exact) mass is 346 g/mol. The number of carbonyl (C=O) groups is 2. The predicted octanol–water partition coefficient (Wildman–Crippen LogP) is 0.946. The van der Waals surface area contributed by atoms with Crippen molar-refractivity contribution in [2.75, 3.05) is 0 Å². The molecule has 0 amide bonds. The molecule has 0 aromatic heterocycles. The Hall–Kier alpha value is -1.41. The number of rotatable bonds is 2. The van der Waals surface area contributed by atoms with Crippen LogP contribution < -0.4 is 5.32 Å². The second-order valence-corrected chi connectivity index (χ2v) is 5.70. The number of hydrogen-bond donors (Lipinski definition) is 3. The molecule has 3 aliphatic heterocycles. The Balaban J connectivity index is 0.000000163. The van der Waals surface area contributed by atoms with E-state index in [1.165, 1.54) is 19.3 Å². The molecule has 2 saturated heterocycles. The van der Waals surface area contributed by atoms with Crippen molar-refractivity contribution in [3.63, 3.8) is 0 Å². The molecule has 3 aliphatic rings. The van der Waals surface area contributed by atoms with Crippen LogP contribution in [-0.4, -0.2) is 45.0 Å². The molecule has 0 saturated carbocycles. The fourth-order valence-corrected chi connectivity index (χ4v) is 3.25. The Morgan fingerprint density at radius 2 is 1.95 bits per heavy atom. The number of carboxylic acid groups (broad SMARTS) is 2. The van der Waals surface area contributed by atoms with Crippen LogP contribution in [0.25, 0.3) is 0 Å². The highest BCUT2D eigenvalue weighted by atomic mass is 79.9. The van der Waals surface area contributed by atoms with Crippen molar-refractivity contribution in [3.05, 3.63) is 12.2 Å². The first-order chi connectivity index (χ1) is 9.47. The number of aliphatic carboxylic acids is 2. The van der Waals surface area contributed by atoms with Crippen LogP contribution in [0, 0.1) is 5.92 Å². The van der Waals surface area contributed by atoms with Crippen LogP contribution in [0.15, 0.2) is 17.3 Å². The smallest absolute Gasteiger partial charge is 0.328 e. The number of fused-ring (bicyclic) bond motifs is 4. The molecule has 110 valence electrons. The van der Waals surface area contributed by atoms with E-state index in [2.05, 4.69) is 26.4 Å². The van der Waals surface area contributed by atoms with E-state index in [9.17, 15) is 9.59 Å². The molecular weight excluding hydrogens is 332 g/mol. The number of piperidine rings is 1. The van der Waals surface area contributed by atoms with Crippen molar-refractivity contribution in [2.24, 2.45) is 11.1 Å². The van der Waals surface area contributed by atoms with Crippen LogP contribution in [0.2, 0.25) is 0 Å². The van der Waals surface area contributed by atoms with E-state index >= 15 is 0 Å². The van der Waals surface area contributed by atoms with Crippen LogP contribution in [0.3, 0.4) is 0 Å². The minimum atomic E-state index is -1.26. The highest BCUT2D eigenvalue weighted by Gasteiger charge is 2.47. The number of oxime groups is 1. The first kappa shape index (κ1) is 15.0. The lowest BCUT2D eigenvalue weighted by atomic mass is 9.91. The van der Waals surface area contributed by atoms with E-state index in [0.29, 0.717) is 36.3 Å². The van der Waals surface area contributed by atoms with Gasteiger partial charge in [0, 0.05) is 24.2 Å². The molecule has 20 heavy (non-hydrogen) atoms. The highest BCUT2D eigenvalue weighted by Crippen LogP contribution is 2.38. The van der Waals surface area contributed by atoms with Crippen molar-refractivity contribution < 1.29 is 24.6 Å². The van der Waals surface area contributed by atoms with E-state index < -0.39 is 11.9 Å². The second-order valence-electron chi connectivity index (χ2n) is 4.88. The number of hydrogen-bond acceptors (Lipinski definition) is 5. The molecule has 2 bridgehead atoms. The van der Waals surface area contributed by atoms with Crippen LogP contribution >= 0.6 is 15.9 Å². The molecule has 3 heterocycles. The molecular formula is C12H15BrN2O5. The lowest BCUT2D eigenvalue weighted by Gasteiger charge is -2.30. The summed E-state index contributed by atoms with van der Waals surface area (Å²) < 4.78 is 1.02. The molecule has 0 aromatic carbocycles. The van der Waals surface area contributed by atoms with Gasteiger partial charge in [0.25, 0.3) is 0 Å². The highest BCUT2D eigenvalue weighted by molar-refractivity contribution is 9.18. The summed E-state index contributed by atoms with van der Waals surface area (Å²) in [4.78, 5) is 24.5. The van der Waals surface area contributed by atoms with Gasteiger partial charge in [-0.1, -0.05) is 5.16 Å². The molecule has 0 radical (unpaired) electrons. The van der Waals surface area contributed by atoms with Gasteiger partial charge in [0.1, 0.15) is 4.62 Å². The van der Waals surface area contributed by atoms with Gasteiger partial charge in [0.2, 0.25) is 0 Å². The van der Waals surface area contributed by atoms with Crippen molar-refractivity contribution in [3.8, 4) is 0 Å². The maximum absolute atomic E-state index is 9.55. The van der Waals surface area contributed by atoms with Gasteiger partial charge in [-0.25, -0.2) is 9.59 Å². The van der Waals surface area contributed by atoms with Gasteiger partial charge < -0.3 is 20.4 Å². The fraction of sp³-hybridized carbons (Fsp3) is 0.583. The summed E-state index contributed by atoms with van der Waals surface area (Å²) >= 11 is 3.46. The molecule has 4 atom stereocenters. The van der Waals surface area contributed by atoms with Gasteiger partial charge in [-0.05, 0) is 35.2 Å². The lowest BCUT2D eigenvalue weighted by molar-refractivity contribution is -0.134. The summed E-state index contributed by atoms with van der Waals surface area (Å²) in [7, 11) is 0. The van der Waals surface area contributed by atoms with E-state index in [1.807, 2.05) is 0 Å². The molecule has 8 heteroatoms. The van der Waals surface area contributed by atoms with Crippen molar-refractivity contribution in [1.29, 1.82) is 0 Å². The average molecular weight is 347 g/mol. The Morgan fingerprint density at radius 1 is 1.30 bits per heavy atom. The summed E-state index contributed by atoms with van der Waals surface area (Å²) in [6.07, 6.45) is 5.16. The quantitative estimate of drug-likeness (QED) is 0.642. The first-order valence-electron chi connectivity index (χ1n) is 6.26. The lowest BCUT2D eigenvalue weighted by Crippen LogP contribution is -2.48. The Bertz CT molecular complexity index is 449. The third-order valence-corrected chi connectivity index (χ3v) is 4.28. The van der Waals surface area contributed by atoms with Gasteiger partial charge in [0.05, 0.1) is 5.92 Å².